The van der Waals surface area contributed by atoms with E-state index in [9.17, 15) is 9.59 Å². The summed E-state index contributed by atoms with van der Waals surface area (Å²) in [5.41, 5.74) is 2.94. The molecule has 0 bridgehead atoms. The van der Waals surface area contributed by atoms with E-state index in [0.717, 1.165) is 16.9 Å². The summed E-state index contributed by atoms with van der Waals surface area (Å²) in [7, 11) is 1.62. The Morgan fingerprint density at radius 2 is 1.75 bits per heavy atom. The highest BCUT2D eigenvalue weighted by molar-refractivity contribution is 6.21. The summed E-state index contributed by atoms with van der Waals surface area (Å²) in [5.74, 6) is 0.675. The fourth-order valence-electron chi connectivity index (χ4n) is 3.28. The zero-order valence-corrected chi connectivity index (χ0v) is 15.6. The van der Waals surface area contributed by atoms with Crippen molar-refractivity contribution < 1.29 is 14.3 Å². The van der Waals surface area contributed by atoms with Crippen LogP contribution < -0.4 is 4.74 Å². The number of hydrogen-bond acceptors (Lipinski definition) is 6. The average molecular weight is 377 g/mol. The molecule has 0 atom stereocenters. The summed E-state index contributed by atoms with van der Waals surface area (Å²) in [5, 5.41) is 12.5. The summed E-state index contributed by atoms with van der Waals surface area (Å²) >= 11 is 0. The number of hydrogen-bond donors (Lipinski definition) is 0. The molecule has 0 saturated heterocycles. The molecule has 2 amide bonds. The Bertz CT molecular complexity index is 1020. The van der Waals surface area contributed by atoms with Gasteiger partial charge in [0.1, 0.15) is 5.75 Å². The van der Waals surface area contributed by atoms with Crippen molar-refractivity contribution in [3.05, 3.63) is 70.5 Å². The Hall–Kier alpha value is -3.55. The van der Waals surface area contributed by atoms with Crippen LogP contribution >= 0.6 is 0 Å². The standard InChI is InChI=1S/C20H19N5O3/c1-13-7-8-17(28-2)14(11-13)12-25-22-18(21-23-25)9-10-24-19(26)15-5-3-4-6-16(15)20(24)27/h3-8,11H,9-10,12H2,1-2H3. The number of methoxy groups -OCH3 is 1. The third kappa shape index (κ3) is 3.24. The van der Waals surface area contributed by atoms with Crippen molar-refractivity contribution in [3.63, 3.8) is 0 Å². The van der Waals surface area contributed by atoms with Crippen molar-refractivity contribution in [2.45, 2.75) is 19.9 Å². The molecule has 28 heavy (non-hydrogen) atoms. The number of aryl methyl sites for hydroxylation is 1. The number of ether oxygens (including phenoxy) is 1. The van der Waals surface area contributed by atoms with Crippen LogP contribution in [0.15, 0.2) is 42.5 Å². The van der Waals surface area contributed by atoms with Crippen LogP contribution in [0.3, 0.4) is 0 Å². The highest BCUT2D eigenvalue weighted by atomic mass is 16.5. The monoisotopic (exact) mass is 377 g/mol. The number of fused-ring (bicyclic) bond motifs is 1. The van der Waals surface area contributed by atoms with Crippen molar-refractivity contribution in [1.29, 1.82) is 0 Å². The summed E-state index contributed by atoms with van der Waals surface area (Å²) in [6.45, 7) is 2.64. The van der Waals surface area contributed by atoms with Gasteiger partial charge >= 0.3 is 0 Å². The Labute approximate surface area is 161 Å². The van der Waals surface area contributed by atoms with Crippen molar-refractivity contribution in [2.24, 2.45) is 0 Å². The number of tetrazole rings is 1. The van der Waals surface area contributed by atoms with Crippen LogP contribution in [0.1, 0.15) is 37.7 Å². The highest BCUT2D eigenvalue weighted by Crippen LogP contribution is 2.22. The second kappa shape index (κ2) is 7.22. The molecule has 0 saturated carbocycles. The number of imide groups is 1. The van der Waals surface area contributed by atoms with Crippen LogP contribution in [0.4, 0.5) is 0 Å². The molecule has 1 aliphatic heterocycles. The first-order valence-corrected chi connectivity index (χ1v) is 8.92. The van der Waals surface area contributed by atoms with Crippen LogP contribution in [0.2, 0.25) is 0 Å². The number of benzene rings is 2. The zero-order valence-electron chi connectivity index (χ0n) is 15.6. The highest BCUT2D eigenvalue weighted by Gasteiger charge is 2.34. The molecule has 2 heterocycles. The predicted octanol–water partition coefficient (Wildman–Crippen LogP) is 1.88. The fourth-order valence-corrected chi connectivity index (χ4v) is 3.28. The Kier molecular flexibility index (Phi) is 4.60. The first-order chi connectivity index (χ1) is 13.6. The molecule has 0 spiro atoms. The number of carbonyl (C=O) groups is 2. The van der Waals surface area contributed by atoms with Gasteiger partial charge in [0.25, 0.3) is 11.8 Å². The summed E-state index contributed by atoms with van der Waals surface area (Å²) < 4.78 is 5.38. The molecule has 1 aromatic heterocycles. The molecule has 2 aromatic carbocycles. The van der Waals surface area contributed by atoms with E-state index in [2.05, 4.69) is 15.4 Å². The molecule has 0 fully saturated rings. The maximum Gasteiger partial charge on any atom is 0.261 e. The quantitative estimate of drug-likeness (QED) is 0.609. The lowest BCUT2D eigenvalue weighted by Crippen LogP contribution is -2.32. The van der Waals surface area contributed by atoms with Gasteiger partial charge in [-0.25, -0.2) is 0 Å². The van der Waals surface area contributed by atoms with Gasteiger partial charge in [-0.15, -0.1) is 10.2 Å². The number of nitrogens with zero attached hydrogens (tertiary/aromatic N) is 5. The molecular weight excluding hydrogens is 358 g/mol. The van der Waals surface area contributed by atoms with Gasteiger partial charge in [0.05, 0.1) is 24.8 Å². The molecule has 4 rings (SSSR count). The van der Waals surface area contributed by atoms with Crippen LogP contribution in [-0.4, -0.2) is 50.6 Å². The summed E-state index contributed by atoms with van der Waals surface area (Å²) in [6, 6.07) is 12.7. The van der Waals surface area contributed by atoms with Crippen LogP contribution in [0.25, 0.3) is 0 Å². The van der Waals surface area contributed by atoms with Gasteiger partial charge in [0, 0.05) is 18.5 Å². The van der Waals surface area contributed by atoms with Crippen LogP contribution in [0, 0.1) is 6.92 Å². The Morgan fingerprint density at radius 1 is 1.04 bits per heavy atom. The minimum absolute atomic E-state index is 0.214. The first kappa shape index (κ1) is 17.8. The first-order valence-electron chi connectivity index (χ1n) is 8.92. The van der Waals surface area contributed by atoms with Gasteiger partial charge < -0.3 is 4.74 Å². The molecule has 142 valence electrons. The topological polar surface area (TPSA) is 90.2 Å². The molecule has 8 heteroatoms. The third-order valence-electron chi connectivity index (χ3n) is 4.68. The van der Waals surface area contributed by atoms with Crippen molar-refractivity contribution in [3.8, 4) is 5.75 Å². The minimum Gasteiger partial charge on any atom is -0.496 e. The van der Waals surface area contributed by atoms with Crippen molar-refractivity contribution in [1.82, 2.24) is 25.1 Å². The maximum atomic E-state index is 12.4. The van der Waals surface area contributed by atoms with Crippen molar-refractivity contribution in [2.75, 3.05) is 13.7 Å². The molecule has 0 aliphatic carbocycles. The van der Waals surface area contributed by atoms with Gasteiger partial charge in [-0.05, 0) is 30.3 Å². The summed E-state index contributed by atoms with van der Waals surface area (Å²) in [6.07, 6.45) is 0.344. The normalized spacial score (nSPS) is 13.1. The Morgan fingerprint density at radius 3 is 2.43 bits per heavy atom. The van der Waals surface area contributed by atoms with E-state index >= 15 is 0 Å². The molecular formula is C20H19N5O3. The second-order valence-electron chi connectivity index (χ2n) is 6.61. The predicted molar refractivity (Wildman–Crippen MR) is 100 cm³/mol. The Balaban J connectivity index is 1.43. The van der Waals surface area contributed by atoms with E-state index in [4.69, 9.17) is 4.74 Å². The SMILES string of the molecule is COc1ccc(C)cc1Cn1nnc(CCN2C(=O)c3ccccc3C2=O)n1. The largest absolute Gasteiger partial charge is 0.496 e. The average Bonchev–Trinajstić information content (AvgIpc) is 3.24. The molecule has 0 unspecified atom stereocenters. The molecule has 8 nitrogen and oxygen atoms in total. The van der Waals surface area contributed by atoms with Crippen LogP contribution in [-0.2, 0) is 13.0 Å². The van der Waals surface area contributed by atoms with Gasteiger partial charge in [0.2, 0.25) is 0 Å². The molecule has 1 aliphatic rings. The van der Waals surface area contributed by atoms with E-state index in [-0.39, 0.29) is 18.4 Å². The third-order valence-corrected chi connectivity index (χ3v) is 4.68. The second-order valence-corrected chi connectivity index (χ2v) is 6.61. The number of aromatic nitrogens is 4. The maximum absolute atomic E-state index is 12.4. The molecule has 3 aromatic rings. The van der Waals surface area contributed by atoms with Gasteiger partial charge in [-0.3, -0.25) is 14.5 Å². The van der Waals surface area contributed by atoms with E-state index in [0.29, 0.717) is 29.9 Å². The minimum atomic E-state index is -0.280. The number of carbonyl (C=O) groups excluding carboxylic acids is 2. The lowest BCUT2D eigenvalue weighted by atomic mass is 10.1. The number of rotatable bonds is 6. The molecule has 0 radical (unpaired) electrons. The lowest BCUT2D eigenvalue weighted by molar-refractivity contribution is 0.0655. The van der Waals surface area contributed by atoms with Gasteiger partial charge in [-0.2, -0.15) is 4.80 Å². The van der Waals surface area contributed by atoms with E-state index in [1.165, 1.54) is 9.70 Å². The lowest BCUT2D eigenvalue weighted by Gasteiger charge is -2.11. The van der Waals surface area contributed by atoms with Gasteiger partial charge in [-0.1, -0.05) is 29.8 Å². The zero-order chi connectivity index (χ0) is 19.7. The van der Waals surface area contributed by atoms with Crippen LogP contribution in [0.5, 0.6) is 5.75 Å². The summed E-state index contributed by atoms with van der Waals surface area (Å²) in [4.78, 5) is 27.5. The number of amides is 2. The van der Waals surface area contributed by atoms with Crippen molar-refractivity contribution >= 4 is 11.8 Å². The van der Waals surface area contributed by atoms with E-state index in [1.54, 1.807) is 31.4 Å². The fraction of sp³-hybridized carbons (Fsp3) is 0.250. The molecule has 0 N–H and O–H groups in total. The van der Waals surface area contributed by atoms with E-state index < -0.39 is 0 Å². The smallest absolute Gasteiger partial charge is 0.261 e. The van der Waals surface area contributed by atoms with E-state index in [1.807, 2.05) is 25.1 Å². The van der Waals surface area contributed by atoms with Gasteiger partial charge in [0.15, 0.2) is 5.82 Å².